The van der Waals surface area contributed by atoms with Crippen LogP contribution in [0, 0.1) is 6.92 Å². The Morgan fingerprint density at radius 3 is 2.41 bits per heavy atom. The van der Waals surface area contributed by atoms with Crippen molar-refractivity contribution in [3.8, 4) is 10.6 Å². The fourth-order valence-corrected chi connectivity index (χ4v) is 3.57. The van der Waals surface area contributed by atoms with Crippen molar-refractivity contribution in [3.63, 3.8) is 0 Å². The van der Waals surface area contributed by atoms with Crippen molar-refractivity contribution in [1.29, 1.82) is 0 Å². The standard InChI is InChI=1S/C17H14F3N5O2S2/c1-9-5-23-15(28-9)12-2-11(3-13(4-12)29(21)27)14(26)22-6-10-7-24-16(25-8-10)17(18,19)20/h2-5,7-8H,6,21H2,1H3,(H,22,26). The molecule has 1 unspecified atom stereocenters. The Labute approximate surface area is 169 Å². The molecule has 1 atom stereocenters. The number of rotatable bonds is 5. The first-order valence-corrected chi connectivity index (χ1v) is 10.1. The summed E-state index contributed by atoms with van der Waals surface area (Å²) in [5, 5.41) is 8.67. The highest BCUT2D eigenvalue weighted by atomic mass is 32.2. The average Bonchev–Trinajstić information content (AvgIpc) is 3.11. The Hall–Kier alpha value is -2.70. The van der Waals surface area contributed by atoms with Crippen LogP contribution in [0.25, 0.3) is 10.6 Å². The van der Waals surface area contributed by atoms with Crippen LogP contribution in [0.1, 0.15) is 26.6 Å². The molecule has 12 heteroatoms. The molecule has 29 heavy (non-hydrogen) atoms. The number of hydrogen-bond acceptors (Lipinski definition) is 6. The maximum Gasteiger partial charge on any atom is 0.451 e. The fraction of sp³-hybridized carbons (Fsp3) is 0.176. The number of carbonyl (C=O) groups excluding carboxylic acids is 1. The molecule has 0 saturated heterocycles. The Bertz CT molecular complexity index is 1070. The van der Waals surface area contributed by atoms with Gasteiger partial charge >= 0.3 is 6.18 Å². The van der Waals surface area contributed by atoms with E-state index in [-0.39, 0.29) is 17.0 Å². The van der Waals surface area contributed by atoms with Crippen LogP contribution in [0.5, 0.6) is 0 Å². The molecule has 0 bridgehead atoms. The van der Waals surface area contributed by atoms with E-state index >= 15 is 0 Å². The SMILES string of the molecule is Cc1cnc(-c2cc(C(=O)NCc3cnc(C(F)(F)F)nc3)cc(S(N)=O)c2)s1. The molecule has 3 aromatic rings. The van der Waals surface area contributed by atoms with Gasteiger partial charge in [-0.3, -0.25) is 4.79 Å². The quantitative estimate of drug-likeness (QED) is 0.633. The summed E-state index contributed by atoms with van der Waals surface area (Å²) in [4.78, 5) is 24.5. The Morgan fingerprint density at radius 1 is 1.17 bits per heavy atom. The number of nitrogens with one attached hydrogen (secondary N) is 1. The zero-order valence-corrected chi connectivity index (χ0v) is 16.5. The van der Waals surface area contributed by atoms with Gasteiger partial charge in [0.15, 0.2) is 0 Å². The summed E-state index contributed by atoms with van der Waals surface area (Å²) in [6, 6.07) is 4.56. The molecule has 1 amide bonds. The topological polar surface area (TPSA) is 111 Å². The largest absolute Gasteiger partial charge is 0.451 e. The third-order valence-corrected chi connectivity index (χ3v) is 5.34. The molecular formula is C17H14F3N5O2S2. The number of hydrogen-bond donors (Lipinski definition) is 2. The monoisotopic (exact) mass is 441 g/mol. The van der Waals surface area contributed by atoms with Gasteiger partial charge in [-0.2, -0.15) is 13.2 Å². The van der Waals surface area contributed by atoms with E-state index < -0.39 is 28.9 Å². The first kappa shape index (κ1) is 21.0. The summed E-state index contributed by atoms with van der Waals surface area (Å²) in [6.07, 6.45) is -0.975. The number of benzene rings is 1. The summed E-state index contributed by atoms with van der Waals surface area (Å²) in [5.74, 6) is -1.78. The Kier molecular flexibility index (Phi) is 6.05. The number of thiazole rings is 1. The number of carbonyl (C=O) groups is 1. The van der Waals surface area contributed by atoms with Gasteiger partial charge in [0.1, 0.15) is 16.0 Å². The molecule has 0 radical (unpaired) electrons. The van der Waals surface area contributed by atoms with Gasteiger partial charge in [-0.1, -0.05) is 0 Å². The molecule has 152 valence electrons. The van der Waals surface area contributed by atoms with E-state index in [0.29, 0.717) is 16.1 Å². The highest BCUT2D eigenvalue weighted by Gasteiger charge is 2.34. The molecule has 0 aliphatic heterocycles. The minimum atomic E-state index is -4.63. The predicted octanol–water partition coefficient (Wildman–Crippen LogP) is 2.84. The minimum Gasteiger partial charge on any atom is -0.348 e. The van der Waals surface area contributed by atoms with Crippen molar-refractivity contribution in [2.24, 2.45) is 5.14 Å². The van der Waals surface area contributed by atoms with Crippen LogP contribution < -0.4 is 10.5 Å². The van der Waals surface area contributed by atoms with Gasteiger partial charge in [-0.05, 0) is 25.1 Å². The summed E-state index contributed by atoms with van der Waals surface area (Å²) in [7, 11) is -1.81. The van der Waals surface area contributed by atoms with Gasteiger partial charge in [-0.25, -0.2) is 24.3 Å². The van der Waals surface area contributed by atoms with Crippen molar-refractivity contribution in [2.45, 2.75) is 24.5 Å². The van der Waals surface area contributed by atoms with Crippen molar-refractivity contribution in [1.82, 2.24) is 20.3 Å². The van der Waals surface area contributed by atoms with Gasteiger partial charge in [-0.15, -0.1) is 11.3 Å². The van der Waals surface area contributed by atoms with Crippen LogP contribution in [0.2, 0.25) is 0 Å². The second-order valence-corrected chi connectivity index (χ2v) is 8.22. The van der Waals surface area contributed by atoms with Crippen LogP contribution in [0.4, 0.5) is 13.2 Å². The summed E-state index contributed by atoms with van der Waals surface area (Å²) in [5.41, 5.74) is 1.07. The normalized spacial score (nSPS) is 12.6. The third-order valence-electron chi connectivity index (χ3n) is 3.68. The van der Waals surface area contributed by atoms with Crippen LogP contribution in [0.3, 0.4) is 0 Å². The highest BCUT2D eigenvalue weighted by Crippen LogP contribution is 2.28. The lowest BCUT2D eigenvalue weighted by Crippen LogP contribution is -2.23. The van der Waals surface area contributed by atoms with Gasteiger partial charge < -0.3 is 5.32 Å². The van der Waals surface area contributed by atoms with E-state index in [0.717, 1.165) is 17.3 Å². The van der Waals surface area contributed by atoms with Crippen LogP contribution in [0.15, 0.2) is 41.7 Å². The van der Waals surface area contributed by atoms with E-state index in [4.69, 9.17) is 5.14 Å². The van der Waals surface area contributed by atoms with E-state index in [1.165, 1.54) is 17.4 Å². The molecule has 0 saturated carbocycles. The van der Waals surface area contributed by atoms with Crippen LogP contribution in [-0.4, -0.2) is 25.1 Å². The van der Waals surface area contributed by atoms with Crippen LogP contribution in [-0.2, 0) is 23.7 Å². The highest BCUT2D eigenvalue weighted by molar-refractivity contribution is 7.82. The molecule has 0 aliphatic carbocycles. The number of aromatic nitrogens is 3. The molecule has 2 aromatic heterocycles. The number of amides is 1. The van der Waals surface area contributed by atoms with E-state index in [2.05, 4.69) is 20.3 Å². The Balaban J connectivity index is 1.79. The van der Waals surface area contributed by atoms with Crippen LogP contribution >= 0.6 is 11.3 Å². The predicted molar refractivity (Wildman–Crippen MR) is 101 cm³/mol. The maximum absolute atomic E-state index is 12.5. The second kappa shape index (κ2) is 8.35. The number of alkyl halides is 3. The number of halogens is 3. The zero-order valence-electron chi connectivity index (χ0n) is 14.9. The minimum absolute atomic E-state index is 0.0847. The Morgan fingerprint density at radius 2 is 1.86 bits per heavy atom. The lowest BCUT2D eigenvalue weighted by Gasteiger charge is -2.09. The molecule has 0 aliphatic rings. The maximum atomic E-state index is 12.5. The molecule has 7 nitrogen and oxygen atoms in total. The molecule has 1 aromatic carbocycles. The van der Waals surface area contributed by atoms with Gasteiger partial charge in [0, 0.05) is 46.7 Å². The number of nitrogens with two attached hydrogens (primary N) is 1. The first-order chi connectivity index (χ1) is 13.6. The molecule has 0 fully saturated rings. The molecule has 3 rings (SSSR count). The smallest absolute Gasteiger partial charge is 0.348 e. The van der Waals surface area contributed by atoms with Gasteiger partial charge in [0.2, 0.25) is 5.82 Å². The van der Waals surface area contributed by atoms with Crippen molar-refractivity contribution < 1.29 is 22.2 Å². The van der Waals surface area contributed by atoms with E-state index in [1.54, 1.807) is 18.3 Å². The summed E-state index contributed by atoms with van der Waals surface area (Å²) in [6.45, 7) is 1.80. The summed E-state index contributed by atoms with van der Waals surface area (Å²) < 4.78 is 49.2. The van der Waals surface area contributed by atoms with Crippen molar-refractivity contribution in [2.75, 3.05) is 0 Å². The number of nitrogens with zero attached hydrogens (tertiary/aromatic N) is 3. The molecule has 3 N–H and O–H groups in total. The van der Waals surface area contributed by atoms with Gasteiger partial charge in [0.05, 0.1) is 4.90 Å². The van der Waals surface area contributed by atoms with Gasteiger partial charge in [0.25, 0.3) is 5.91 Å². The van der Waals surface area contributed by atoms with Crippen molar-refractivity contribution >= 4 is 28.2 Å². The fourth-order valence-electron chi connectivity index (χ4n) is 2.33. The zero-order chi connectivity index (χ0) is 21.2. The summed E-state index contributed by atoms with van der Waals surface area (Å²) >= 11 is 1.40. The van der Waals surface area contributed by atoms with E-state index in [1.807, 2.05) is 6.92 Å². The molecular weight excluding hydrogens is 427 g/mol. The lowest BCUT2D eigenvalue weighted by molar-refractivity contribution is -0.145. The van der Waals surface area contributed by atoms with Crippen molar-refractivity contribution in [3.05, 3.63) is 58.6 Å². The molecule has 2 heterocycles. The lowest BCUT2D eigenvalue weighted by atomic mass is 10.1. The molecule has 0 spiro atoms. The average molecular weight is 441 g/mol. The third kappa shape index (κ3) is 5.22. The second-order valence-electron chi connectivity index (χ2n) is 5.91. The van der Waals surface area contributed by atoms with E-state index in [9.17, 15) is 22.2 Å². The number of aryl methyl sites for hydroxylation is 1. The first-order valence-electron chi connectivity index (χ1n) is 8.04.